The highest BCUT2D eigenvalue weighted by Gasteiger charge is 2.13. The van der Waals surface area contributed by atoms with Gasteiger partial charge in [0, 0.05) is 24.6 Å². The number of methoxy groups -OCH3 is 1. The van der Waals surface area contributed by atoms with Gasteiger partial charge in [-0.1, -0.05) is 13.8 Å². The Hall–Kier alpha value is -0.450. The molecular formula is C12H22N2OS. The summed E-state index contributed by atoms with van der Waals surface area (Å²) in [4.78, 5) is 5.83. The molecule has 0 bridgehead atoms. The van der Waals surface area contributed by atoms with E-state index in [0.717, 1.165) is 18.2 Å². The molecule has 1 N–H and O–H groups in total. The zero-order chi connectivity index (χ0) is 12.1. The van der Waals surface area contributed by atoms with Gasteiger partial charge >= 0.3 is 0 Å². The largest absolute Gasteiger partial charge is 0.383 e. The first-order valence-corrected chi connectivity index (χ1v) is 6.51. The van der Waals surface area contributed by atoms with E-state index in [1.807, 2.05) is 0 Å². The molecule has 92 valence electrons. The number of aromatic nitrogens is 1. The Balaban J connectivity index is 2.51. The van der Waals surface area contributed by atoms with Crippen molar-refractivity contribution >= 4 is 11.3 Å². The normalized spacial score (nSPS) is 13.4. The summed E-state index contributed by atoms with van der Waals surface area (Å²) in [5, 5.41) is 4.65. The van der Waals surface area contributed by atoms with E-state index >= 15 is 0 Å². The molecule has 0 saturated carbocycles. The van der Waals surface area contributed by atoms with Crippen molar-refractivity contribution < 1.29 is 4.74 Å². The van der Waals surface area contributed by atoms with Crippen LogP contribution >= 0.6 is 11.3 Å². The van der Waals surface area contributed by atoms with Crippen molar-refractivity contribution in [3.05, 3.63) is 15.6 Å². The Labute approximate surface area is 102 Å². The predicted molar refractivity (Wildman–Crippen MR) is 68.9 cm³/mol. The van der Waals surface area contributed by atoms with Crippen molar-refractivity contribution in [2.24, 2.45) is 5.92 Å². The van der Waals surface area contributed by atoms with Gasteiger partial charge in [0.05, 0.1) is 17.3 Å². The number of aryl methyl sites for hydroxylation is 2. The highest BCUT2D eigenvalue weighted by atomic mass is 32.1. The van der Waals surface area contributed by atoms with Gasteiger partial charge in [-0.2, -0.15) is 0 Å². The van der Waals surface area contributed by atoms with E-state index in [1.54, 1.807) is 18.4 Å². The Morgan fingerprint density at radius 1 is 1.38 bits per heavy atom. The molecule has 1 rings (SSSR count). The lowest BCUT2D eigenvalue weighted by atomic mass is 10.1. The molecule has 0 spiro atoms. The molecule has 1 atom stereocenters. The molecule has 16 heavy (non-hydrogen) atoms. The molecule has 1 aromatic rings. The summed E-state index contributed by atoms with van der Waals surface area (Å²) in [6.45, 7) is 10.2. The third-order valence-corrected chi connectivity index (χ3v) is 3.61. The number of thiazole rings is 1. The lowest BCUT2D eigenvalue weighted by Crippen LogP contribution is -2.37. The van der Waals surface area contributed by atoms with Gasteiger partial charge in [0.1, 0.15) is 0 Å². The van der Waals surface area contributed by atoms with Gasteiger partial charge in [0.25, 0.3) is 0 Å². The molecule has 1 aromatic heterocycles. The Morgan fingerprint density at radius 2 is 2.06 bits per heavy atom. The molecular weight excluding hydrogens is 220 g/mol. The maximum Gasteiger partial charge on any atom is 0.0900 e. The summed E-state index contributed by atoms with van der Waals surface area (Å²) in [5.41, 5.74) is 1.17. The van der Waals surface area contributed by atoms with E-state index in [-0.39, 0.29) is 0 Å². The van der Waals surface area contributed by atoms with Crippen LogP contribution in [0, 0.1) is 19.8 Å². The van der Waals surface area contributed by atoms with Gasteiger partial charge < -0.3 is 10.1 Å². The van der Waals surface area contributed by atoms with Gasteiger partial charge in [-0.3, -0.25) is 0 Å². The van der Waals surface area contributed by atoms with Crippen LogP contribution in [0.15, 0.2) is 0 Å². The van der Waals surface area contributed by atoms with Crippen molar-refractivity contribution in [1.82, 2.24) is 10.3 Å². The SMILES string of the molecule is COCC(NCc1nc(C)sc1C)C(C)C. The molecule has 4 heteroatoms. The van der Waals surface area contributed by atoms with Crippen LogP contribution in [-0.4, -0.2) is 24.7 Å². The van der Waals surface area contributed by atoms with Crippen LogP contribution in [0.2, 0.25) is 0 Å². The van der Waals surface area contributed by atoms with Gasteiger partial charge in [0.2, 0.25) is 0 Å². The molecule has 0 radical (unpaired) electrons. The molecule has 0 aliphatic heterocycles. The highest BCUT2D eigenvalue weighted by Crippen LogP contribution is 2.16. The third-order valence-electron chi connectivity index (χ3n) is 2.68. The number of hydrogen-bond acceptors (Lipinski definition) is 4. The van der Waals surface area contributed by atoms with Crippen molar-refractivity contribution in [2.45, 2.75) is 40.3 Å². The van der Waals surface area contributed by atoms with E-state index in [0.29, 0.717) is 12.0 Å². The van der Waals surface area contributed by atoms with Crippen LogP contribution in [0.5, 0.6) is 0 Å². The maximum absolute atomic E-state index is 5.21. The van der Waals surface area contributed by atoms with Crippen LogP contribution < -0.4 is 5.32 Å². The van der Waals surface area contributed by atoms with E-state index < -0.39 is 0 Å². The summed E-state index contributed by atoms with van der Waals surface area (Å²) in [5.74, 6) is 0.569. The third kappa shape index (κ3) is 3.85. The fourth-order valence-electron chi connectivity index (χ4n) is 1.63. The minimum atomic E-state index is 0.395. The average molecular weight is 242 g/mol. The lowest BCUT2D eigenvalue weighted by molar-refractivity contribution is 0.146. The zero-order valence-corrected chi connectivity index (χ0v) is 11.6. The van der Waals surface area contributed by atoms with Crippen molar-refractivity contribution in [3.63, 3.8) is 0 Å². The Kier molecular flexibility index (Phi) is 5.38. The average Bonchev–Trinajstić information content (AvgIpc) is 2.51. The molecule has 0 aliphatic carbocycles. The van der Waals surface area contributed by atoms with Gasteiger partial charge in [-0.15, -0.1) is 11.3 Å². The molecule has 0 aliphatic rings. The molecule has 3 nitrogen and oxygen atoms in total. The number of rotatable bonds is 6. The number of hydrogen-bond donors (Lipinski definition) is 1. The maximum atomic E-state index is 5.21. The summed E-state index contributed by atoms with van der Waals surface area (Å²) in [6.07, 6.45) is 0. The smallest absolute Gasteiger partial charge is 0.0900 e. The van der Waals surface area contributed by atoms with Crippen LogP contribution in [0.25, 0.3) is 0 Å². The van der Waals surface area contributed by atoms with Crippen LogP contribution in [0.3, 0.4) is 0 Å². The second-order valence-corrected chi connectivity index (χ2v) is 5.83. The Bertz CT molecular complexity index is 323. The summed E-state index contributed by atoms with van der Waals surface area (Å²) >= 11 is 1.76. The summed E-state index contributed by atoms with van der Waals surface area (Å²) < 4.78 is 5.21. The van der Waals surface area contributed by atoms with Crippen molar-refractivity contribution in [3.8, 4) is 0 Å². The fourth-order valence-corrected chi connectivity index (χ4v) is 2.47. The van der Waals surface area contributed by atoms with E-state index in [4.69, 9.17) is 4.74 Å². The highest BCUT2D eigenvalue weighted by molar-refractivity contribution is 7.11. The van der Waals surface area contributed by atoms with Crippen LogP contribution in [0.1, 0.15) is 29.4 Å². The van der Waals surface area contributed by atoms with Gasteiger partial charge in [-0.25, -0.2) is 4.98 Å². The van der Waals surface area contributed by atoms with Crippen molar-refractivity contribution in [1.29, 1.82) is 0 Å². The first-order chi connectivity index (χ1) is 7.54. The quantitative estimate of drug-likeness (QED) is 0.832. The van der Waals surface area contributed by atoms with Gasteiger partial charge in [-0.05, 0) is 19.8 Å². The number of ether oxygens (including phenoxy) is 1. The first kappa shape index (κ1) is 13.6. The number of nitrogens with one attached hydrogen (secondary N) is 1. The van der Waals surface area contributed by atoms with Crippen molar-refractivity contribution in [2.75, 3.05) is 13.7 Å². The fraction of sp³-hybridized carbons (Fsp3) is 0.750. The van der Waals surface area contributed by atoms with Gasteiger partial charge in [0.15, 0.2) is 0 Å². The summed E-state index contributed by atoms with van der Waals surface area (Å²) in [7, 11) is 1.75. The number of nitrogens with zero attached hydrogens (tertiary/aromatic N) is 1. The lowest BCUT2D eigenvalue weighted by Gasteiger charge is -2.21. The standard InChI is InChI=1S/C12H22N2OS/c1-8(2)12(7-15-5)13-6-11-9(3)16-10(4)14-11/h8,12-13H,6-7H2,1-5H3. The van der Waals surface area contributed by atoms with E-state index in [2.05, 4.69) is 38.0 Å². The minimum Gasteiger partial charge on any atom is -0.383 e. The topological polar surface area (TPSA) is 34.1 Å². The van der Waals surface area contributed by atoms with Crippen LogP contribution in [0.4, 0.5) is 0 Å². The molecule has 0 aromatic carbocycles. The van der Waals surface area contributed by atoms with Crippen LogP contribution in [-0.2, 0) is 11.3 Å². The molecule has 1 heterocycles. The first-order valence-electron chi connectivity index (χ1n) is 5.69. The monoisotopic (exact) mass is 242 g/mol. The molecule has 0 fully saturated rings. The second kappa shape index (κ2) is 6.33. The minimum absolute atomic E-state index is 0.395. The predicted octanol–water partition coefficient (Wildman–Crippen LogP) is 2.52. The molecule has 0 saturated heterocycles. The second-order valence-electron chi connectivity index (χ2n) is 4.42. The summed E-state index contributed by atoms with van der Waals surface area (Å²) in [6, 6.07) is 0.395. The van der Waals surface area contributed by atoms with E-state index in [9.17, 15) is 0 Å². The zero-order valence-electron chi connectivity index (χ0n) is 10.8. The Morgan fingerprint density at radius 3 is 2.50 bits per heavy atom. The molecule has 0 amide bonds. The molecule has 1 unspecified atom stereocenters. The van der Waals surface area contributed by atoms with E-state index in [1.165, 1.54) is 10.6 Å².